The molecule has 5 heteroatoms. The van der Waals surface area contributed by atoms with Gasteiger partial charge in [0.2, 0.25) is 10.0 Å². The van der Waals surface area contributed by atoms with E-state index in [1.54, 1.807) is 18.2 Å². The first-order valence-electron chi connectivity index (χ1n) is 6.76. The van der Waals surface area contributed by atoms with Gasteiger partial charge in [0, 0.05) is 18.6 Å². The van der Waals surface area contributed by atoms with E-state index in [0.717, 1.165) is 25.8 Å². The summed E-state index contributed by atoms with van der Waals surface area (Å²) >= 11 is 0. The largest absolute Gasteiger partial charge is 0.313 e. The summed E-state index contributed by atoms with van der Waals surface area (Å²) in [4.78, 5) is 0. The van der Waals surface area contributed by atoms with Gasteiger partial charge >= 0.3 is 0 Å². The Morgan fingerprint density at radius 2 is 1.94 bits per heavy atom. The van der Waals surface area contributed by atoms with Gasteiger partial charge in [0.25, 0.3) is 0 Å². The summed E-state index contributed by atoms with van der Waals surface area (Å²) in [6.45, 7) is 5.26. The van der Waals surface area contributed by atoms with Crippen molar-refractivity contribution >= 4 is 10.0 Å². The molecule has 0 aromatic carbocycles. The van der Waals surface area contributed by atoms with Crippen LogP contribution >= 0.6 is 0 Å². The highest BCUT2D eigenvalue weighted by Crippen LogP contribution is 2.31. The number of piperidine rings is 1. The van der Waals surface area contributed by atoms with Crippen LogP contribution in [-0.2, 0) is 10.0 Å². The predicted molar refractivity (Wildman–Crippen MR) is 69.4 cm³/mol. The lowest BCUT2D eigenvalue weighted by atomic mass is 10.1. The molecule has 1 aliphatic carbocycles. The molecular weight excluding hydrogens is 236 g/mol. The molecule has 1 saturated heterocycles. The third-order valence-corrected chi connectivity index (χ3v) is 5.98. The van der Waals surface area contributed by atoms with Gasteiger partial charge in [0.15, 0.2) is 0 Å². The number of rotatable bonds is 5. The summed E-state index contributed by atoms with van der Waals surface area (Å²) in [5, 5.41) is 3.14. The van der Waals surface area contributed by atoms with Crippen LogP contribution < -0.4 is 5.32 Å². The lowest BCUT2D eigenvalue weighted by molar-refractivity contribution is 0.306. The number of hydrogen-bond donors (Lipinski definition) is 1. The van der Waals surface area contributed by atoms with E-state index in [-0.39, 0.29) is 11.3 Å². The zero-order chi connectivity index (χ0) is 12.5. The monoisotopic (exact) mass is 260 g/mol. The third-order valence-electron chi connectivity index (χ3n) is 3.69. The van der Waals surface area contributed by atoms with Crippen molar-refractivity contribution in [2.75, 3.05) is 13.1 Å². The van der Waals surface area contributed by atoms with E-state index in [1.807, 2.05) is 0 Å². The molecule has 1 aliphatic heterocycles. The molecular formula is C12H24N2O2S. The molecule has 4 nitrogen and oxygen atoms in total. The first-order valence-corrected chi connectivity index (χ1v) is 8.26. The van der Waals surface area contributed by atoms with Crippen LogP contribution in [0, 0.1) is 0 Å². The molecule has 100 valence electrons. The van der Waals surface area contributed by atoms with Crippen molar-refractivity contribution in [3.63, 3.8) is 0 Å². The fourth-order valence-corrected chi connectivity index (χ4v) is 3.95. The van der Waals surface area contributed by atoms with Crippen molar-refractivity contribution in [1.82, 2.24) is 9.62 Å². The fourth-order valence-electron chi connectivity index (χ4n) is 2.39. The molecule has 2 fully saturated rings. The number of hydrogen-bond acceptors (Lipinski definition) is 3. The molecule has 1 atom stereocenters. The van der Waals surface area contributed by atoms with Crippen LogP contribution in [-0.4, -0.2) is 43.1 Å². The highest BCUT2D eigenvalue weighted by molar-refractivity contribution is 7.89. The lowest BCUT2D eigenvalue weighted by Crippen LogP contribution is -2.48. The minimum atomic E-state index is -3.08. The van der Waals surface area contributed by atoms with E-state index in [1.165, 1.54) is 12.8 Å². The molecule has 1 saturated carbocycles. The minimum Gasteiger partial charge on any atom is -0.313 e. The molecule has 1 heterocycles. The number of nitrogens with one attached hydrogen (secondary N) is 1. The second-order valence-electron chi connectivity index (χ2n) is 5.54. The molecule has 0 radical (unpaired) electrons. The Balaban J connectivity index is 2.02. The Kier molecular flexibility index (Phi) is 4.10. The van der Waals surface area contributed by atoms with E-state index in [0.29, 0.717) is 12.6 Å². The van der Waals surface area contributed by atoms with Gasteiger partial charge in [-0.05, 0) is 46.1 Å². The Hall–Kier alpha value is -0.130. The van der Waals surface area contributed by atoms with Crippen LogP contribution in [0.5, 0.6) is 0 Å². The first-order chi connectivity index (χ1) is 8.01. The van der Waals surface area contributed by atoms with Gasteiger partial charge in [-0.1, -0.05) is 6.42 Å². The summed E-state index contributed by atoms with van der Waals surface area (Å²) in [6, 6.07) is 0.643. The standard InChI is InChI=1S/C12H24N2O2S/c1-10(2)17(15,16)14(12-6-7-12)9-11-5-3-4-8-13-11/h10-13H,3-9H2,1-2H3. The Morgan fingerprint density at radius 1 is 1.24 bits per heavy atom. The van der Waals surface area contributed by atoms with Crippen LogP contribution in [0.3, 0.4) is 0 Å². The van der Waals surface area contributed by atoms with Crippen molar-refractivity contribution < 1.29 is 8.42 Å². The summed E-state index contributed by atoms with van der Waals surface area (Å²) in [5.41, 5.74) is 0. The van der Waals surface area contributed by atoms with Crippen molar-refractivity contribution in [1.29, 1.82) is 0 Å². The molecule has 17 heavy (non-hydrogen) atoms. The molecule has 0 bridgehead atoms. The first kappa shape index (κ1) is 13.3. The summed E-state index contributed by atoms with van der Waals surface area (Å²) in [7, 11) is -3.08. The predicted octanol–water partition coefficient (Wildman–Crippen LogP) is 1.33. The topological polar surface area (TPSA) is 49.4 Å². The zero-order valence-electron chi connectivity index (χ0n) is 10.9. The average molecular weight is 260 g/mol. The van der Waals surface area contributed by atoms with Gasteiger partial charge in [-0.15, -0.1) is 0 Å². The fraction of sp³-hybridized carbons (Fsp3) is 1.00. The summed E-state index contributed by atoms with van der Waals surface area (Å²) in [5.74, 6) is 0. The zero-order valence-corrected chi connectivity index (χ0v) is 11.7. The second kappa shape index (κ2) is 5.24. The second-order valence-corrected chi connectivity index (χ2v) is 7.98. The van der Waals surface area contributed by atoms with E-state index < -0.39 is 10.0 Å². The third kappa shape index (κ3) is 3.20. The van der Waals surface area contributed by atoms with Gasteiger partial charge < -0.3 is 5.32 Å². The molecule has 0 aromatic rings. The molecule has 1 unspecified atom stereocenters. The SMILES string of the molecule is CC(C)S(=O)(=O)N(CC1CCCCN1)C1CC1. The van der Waals surface area contributed by atoms with Crippen LogP contribution in [0.25, 0.3) is 0 Å². The van der Waals surface area contributed by atoms with Crippen molar-refractivity contribution in [2.45, 2.75) is 63.3 Å². The Morgan fingerprint density at radius 3 is 2.41 bits per heavy atom. The molecule has 2 rings (SSSR count). The minimum absolute atomic E-state index is 0.283. The van der Waals surface area contributed by atoms with Crippen LogP contribution in [0.2, 0.25) is 0 Å². The Bertz CT molecular complexity index is 344. The summed E-state index contributed by atoms with van der Waals surface area (Å²) in [6.07, 6.45) is 5.63. The van der Waals surface area contributed by atoms with Crippen molar-refractivity contribution in [3.8, 4) is 0 Å². The Labute approximate surface area is 105 Å². The highest BCUT2D eigenvalue weighted by Gasteiger charge is 2.39. The van der Waals surface area contributed by atoms with Gasteiger partial charge in [-0.3, -0.25) is 0 Å². The van der Waals surface area contributed by atoms with E-state index >= 15 is 0 Å². The quantitative estimate of drug-likeness (QED) is 0.811. The van der Waals surface area contributed by atoms with Gasteiger partial charge in [-0.25, -0.2) is 8.42 Å². The molecule has 0 aromatic heterocycles. The molecule has 0 spiro atoms. The van der Waals surface area contributed by atoms with Crippen LogP contribution in [0.4, 0.5) is 0 Å². The van der Waals surface area contributed by atoms with Gasteiger partial charge in [0.1, 0.15) is 0 Å². The highest BCUT2D eigenvalue weighted by atomic mass is 32.2. The maximum atomic E-state index is 12.3. The smallest absolute Gasteiger partial charge is 0.216 e. The molecule has 2 aliphatic rings. The number of sulfonamides is 1. The maximum absolute atomic E-state index is 12.3. The van der Waals surface area contributed by atoms with Crippen molar-refractivity contribution in [3.05, 3.63) is 0 Å². The van der Waals surface area contributed by atoms with Crippen LogP contribution in [0.15, 0.2) is 0 Å². The molecule has 1 N–H and O–H groups in total. The van der Waals surface area contributed by atoms with Gasteiger partial charge in [0.05, 0.1) is 5.25 Å². The van der Waals surface area contributed by atoms with E-state index in [9.17, 15) is 8.42 Å². The van der Waals surface area contributed by atoms with Crippen molar-refractivity contribution in [2.24, 2.45) is 0 Å². The normalized spacial score (nSPS) is 26.7. The lowest BCUT2D eigenvalue weighted by Gasteiger charge is -2.31. The van der Waals surface area contributed by atoms with Gasteiger partial charge in [-0.2, -0.15) is 4.31 Å². The van der Waals surface area contributed by atoms with E-state index in [2.05, 4.69) is 5.32 Å². The van der Waals surface area contributed by atoms with E-state index in [4.69, 9.17) is 0 Å². The van der Waals surface area contributed by atoms with Crippen LogP contribution in [0.1, 0.15) is 46.0 Å². The summed E-state index contributed by atoms with van der Waals surface area (Å²) < 4.78 is 26.3. The number of nitrogens with zero attached hydrogens (tertiary/aromatic N) is 1. The maximum Gasteiger partial charge on any atom is 0.216 e. The molecule has 0 amide bonds. The average Bonchev–Trinajstić information content (AvgIpc) is 3.10.